The van der Waals surface area contributed by atoms with Gasteiger partial charge >= 0.3 is 0 Å². The molecule has 2 heteroatoms. The van der Waals surface area contributed by atoms with Crippen molar-refractivity contribution in [2.75, 3.05) is 7.11 Å². The molecule has 0 radical (unpaired) electrons. The number of methoxy groups -OCH3 is 1. The molecular weight excluding hydrogens is 356 g/mol. The Hall–Kier alpha value is -3.36. The molecule has 29 heavy (non-hydrogen) atoms. The molecule has 4 rings (SSSR count). The topological polar surface area (TPSA) is 18.5 Å². The van der Waals surface area contributed by atoms with Gasteiger partial charge in [0.05, 0.1) is 13.7 Å². The van der Waals surface area contributed by atoms with Crippen LogP contribution >= 0.6 is 0 Å². The lowest BCUT2D eigenvalue weighted by atomic mass is 9.80. The lowest BCUT2D eigenvalue weighted by Crippen LogP contribution is -2.32. The van der Waals surface area contributed by atoms with E-state index in [0.717, 1.165) is 28.0 Å². The minimum atomic E-state index is -0.715. The normalized spacial score (nSPS) is 11.2. The Labute approximate surface area is 172 Å². The zero-order valence-corrected chi connectivity index (χ0v) is 16.5. The van der Waals surface area contributed by atoms with Crippen LogP contribution in [0.3, 0.4) is 0 Å². The number of hydrogen-bond acceptors (Lipinski definition) is 2. The van der Waals surface area contributed by atoms with Crippen LogP contribution in [0.2, 0.25) is 0 Å². The van der Waals surface area contributed by atoms with Gasteiger partial charge in [-0.2, -0.15) is 0 Å². The molecular formula is C27H24O2. The van der Waals surface area contributed by atoms with Gasteiger partial charge < -0.3 is 9.47 Å². The summed E-state index contributed by atoms with van der Waals surface area (Å²) in [7, 11) is 1.68. The minimum absolute atomic E-state index is 0.454. The molecule has 0 saturated carbocycles. The fraction of sp³-hybridized carbons (Fsp3) is 0.111. The second-order valence-corrected chi connectivity index (χ2v) is 6.92. The molecule has 0 aliphatic rings. The van der Waals surface area contributed by atoms with E-state index in [-0.39, 0.29) is 0 Å². The van der Waals surface area contributed by atoms with E-state index in [1.807, 2.05) is 36.4 Å². The third-order valence-electron chi connectivity index (χ3n) is 5.13. The van der Waals surface area contributed by atoms with Crippen LogP contribution in [-0.2, 0) is 16.9 Å². The molecule has 4 aromatic carbocycles. The molecule has 2 nitrogen and oxygen atoms in total. The van der Waals surface area contributed by atoms with Gasteiger partial charge in [0.1, 0.15) is 11.4 Å². The molecule has 144 valence electrons. The smallest absolute Gasteiger partial charge is 0.144 e. The quantitative estimate of drug-likeness (QED) is 0.355. The van der Waals surface area contributed by atoms with Gasteiger partial charge in [-0.15, -0.1) is 0 Å². The SMILES string of the molecule is COc1cccc(COC(c2ccccc2)(c2ccccc2)c2ccccc2)c1. The van der Waals surface area contributed by atoms with Gasteiger partial charge in [0.15, 0.2) is 0 Å². The standard InChI is InChI=1S/C27H24O2/c1-28-26-19-11-12-22(20-26)21-29-27(23-13-5-2-6-14-23,24-15-7-3-8-16-24)25-17-9-4-10-18-25/h2-20H,21H2,1H3. The molecule has 4 aromatic rings. The summed E-state index contributed by atoms with van der Waals surface area (Å²) in [4.78, 5) is 0. The number of benzene rings is 4. The van der Waals surface area contributed by atoms with Crippen LogP contribution in [0.15, 0.2) is 115 Å². The monoisotopic (exact) mass is 380 g/mol. The van der Waals surface area contributed by atoms with Crippen molar-refractivity contribution in [2.24, 2.45) is 0 Å². The average molecular weight is 380 g/mol. The molecule has 0 spiro atoms. The highest BCUT2D eigenvalue weighted by atomic mass is 16.5. The Morgan fingerprint density at radius 2 is 1.07 bits per heavy atom. The van der Waals surface area contributed by atoms with Crippen molar-refractivity contribution in [1.82, 2.24) is 0 Å². The zero-order valence-electron chi connectivity index (χ0n) is 16.5. The van der Waals surface area contributed by atoms with Gasteiger partial charge in [-0.1, -0.05) is 103 Å². The number of ether oxygens (including phenoxy) is 2. The van der Waals surface area contributed by atoms with Gasteiger partial charge in [-0.05, 0) is 34.4 Å². The van der Waals surface area contributed by atoms with Gasteiger partial charge in [0.2, 0.25) is 0 Å². The maximum atomic E-state index is 6.82. The first kappa shape index (κ1) is 19.0. The highest BCUT2D eigenvalue weighted by molar-refractivity contribution is 5.47. The van der Waals surface area contributed by atoms with Crippen LogP contribution in [-0.4, -0.2) is 7.11 Å². The van der Waals surface area contributed by atoms with Crippen molar-refractivity contribution < 1.29 is 9.47 Å². The number of rotatable bonds is 7. The lowest BCUT2D eigenvalue weighted by Gasteiger charge is -2.36. The van der Waals surface area contributed by atoms with E-state index in [0.29, 0.717) is 6.61 Å². The molecule has 0 atom stereocenters. The molecule has 0 heterocycles. The van der Waals surface area contributed by atoms with E-state index in [4.69, 9.17) is 9.47 Å². The summed E-state index contributed by atoms with van der Waals surface area (Å²) >= 11 is 0. The van der Waals surface area contributed by atoms with Crippen molar-refractivity contribution >= 4 is 0 Å². The Morgan fingerprint density at radius 1 is 0.586 bits per heavy atom. The van der Waals surface area contributed by atoms with E-state index in [2.05, 4.69) is 78.9 Å². The van der Waals surface area contributed by atoms with E-state index < -0.39 is 5.60 Å². The first-order chi connectivity index (χ1) is 14.3. The van der Waals surface area contributed by atoms with Crippen LogP contribution in [0.1, 0.15) is 22.3 Å². The van der Waals surface area contributed by atoms with Crippen LogP contribution in [0, 0.1) is 0 Å². The van der Waals surface area contributed by atoms with Crippen molar-refractivity contribution in [3.05, 3.63) is 138 Å². The summed E-state index contributed by atoms with van der Waals surface area (Å²) in [5.41, 5.74) is 3.64. The van der Waals surface area contributed by atoms with E-state index in [1.54, 1.807) is 7.11 Å². The van der Waals surface area contributed by atoms with Gasteiger partial charge in [-0.25, -0.2) is 0 Å². The third-order valence-corrected chi connectivity index (χ3v) is 5.13. The predicted molar refractivity (Wildman–Crippen MR) is 117 cm³/mol. The molecule has 0 fully saturated rings. The molecule has 0 saturated heterocycles. The lowest BCUT2D eigenvalue weighted by molar-refractivity contribution is 0.000177. The average Bonchev–Trinajstić information content (AvgIpc) is 2.82. The maximum absolute atomic E-state index is 6.82. The van der Waals surface area contributed by atoms with Crippen LogP contribution < -0.4 is 4.74 Å². The zero-order chi connectivity index (χ0) is 19.9. The largest absolute Gasteiger partial charge is 0.497 e. The van der Waals surface area contributed by atoms with Gasteiger partial charge in [0.25, 0.3) is 0 Å². The van der Waals surface area contributed by atoms with E-state index in [1.165, 1.54) is 0 Å². The molecule has 0 amide bonds. The third kappa shape index (κ3) is 3.94. The Morgan fingerprint density at radius 3 is 1.52 bits per heavy atom. The summed E-state index contributed by atoms with van der Waals surface area (Å²) in [6, 6.07) is 39.3. The first-order valence-electron chi connectivity index (χ1n) is 9.76. The van der Waals surface area contributed by atoms with Crippen LogP contribution in [0.5, 0.6) is 5.75 Å². The van der Waals surface area contributed by atoms with E-state index in [9.17, 15) is 0 Å². The van der Waals surface area contributed by atoms with Crippen molar-refractivity contribution in [2.45, 2.75) is 12.2 Å². The summed E-state index contributed by atoms with van der Waals surface area (Å²) in [5.74, 6) is 0.829. The Bertz CT molecular complexity index is 931. The highest BCUT2D eigenvalue weighted by Gasteiger charge is 2.37. The fourth-order valence-corrected chi connectivity index (χ4v) is 3.72. The van der Waals surface area contributed by atoms with Crippen molar-refractivity contribution in [1.29, 1.82) is 0 Å². The Balaban J connectivity index is 1.85. The van der Waals surface area contributed by atoms with Crippen molar-refractivity contribution in [3.63, 3.8) is 0 Å². The number of hydrogen-bond donors (Lipinski definition) is 0. The minimum Gasteiger partial charge on any atom is -0.497 e. The maximum Gasteiger partial charge on any atom is 0.144 e. The summed E-state index contributed by atoms with van der Waals surface area (Å²) in [6.07, 6.45) is 0. The first-order valence-corrected chi connectivity index (χ1v) is 9.76. The summed E-state index contributed by atoms with van der Waals surface area (Å²) < 4.78 is 12.2. The van der Waals surface area contributed by atoms with Crippen molar-refractivity contribution in [3.8, 4) is 5.75 Å². The predicted octanol–water partition coefficient (Wildman–Crippen LogP) is 6.20. The van der Waals surface area contributed by atoms with Gasteiger partial charge in [0, 0.05) is 0 Å². The fourth-order valence-electron chi connectivity index (χ4n) is 3.72. The summed E-state index contributed by atoms with van der Waals surface area (Å²) in [5, 5.41) is 0. The molecule has 0 aromatic heterocycles. The molecule has 0 unspecified atom stereocenters. The Kier molecular flexibility index (Phi) is 5.73. The molecule has 0 N–H and O–H groups in total. The van der Waals surface area contributed by atoms with Gasteiger partial charge in [-0.3, -0.25) is 0 Å². The second kappa shape index (κ2) is 8.76. The molecule has 0 bridgehead atoms. The van der Waals surface area contributed by atoms with E-state index >= 15 is 0 Å². The summed E-state index contributed by atoms with van der Waals surface area (Å²) in [6.45, 7) is 0.454. The molecule has 0 aliphatic heterocycles. The molecule has 0 aliphatic carbocycles. The second-order valence-electron chi connectivity index (χ2n) is 6.92. The van der Waals surface area contributed by atoms with Crippen LogP contribution in [0.25, 0.3) is 0 Å². The highest BCUT2D eigenvalue weighted by Crippen LogP contribution is 2.41. The van der Waals surface area contributed by atoms with Crippen LogP contribution in [0.4, 0.5) is 0 Å².